The largest absolute Gasteiger partial charge is 0.371 e. The maximum Gasteiger partial charge on any atom is 0.236 e. The summed E-state index contributed by atoms with van der Waals surface area (Å²) in [5, 5.41) is 0. The first-order chi connectivity index (χ1) is 10.7. The van der Waals surface area contributed by atoms with Gasteiger partial charge in [0.1, 0.15) is 0 Å². The number of ether oxygens (including phenoxy) is 1. The zero-order chi connectivity index (χ0) is 15.5. The average Bonchev–Trinajstić information content (AvgIpc) is 3.34. The van der Waals surface area contributed by atoms with Gasteiger partial charge in [-0.1, -0.05) is 28.1 Å². The van der Waals surface area contributed by atoms with Gasteiger partial charge in [-0.2, -0.15) is 0 Å². The smallest absolute Gasteiger partial charge is 0.236 e. The second-order valence-electron chi connectivity index (χ2n) is 6.06. The Labute approximate surface area is 140 Å². The third-order valence-corrected chi connectivity index (χ3v) is 4.93. The van der Waals surface area contributed by atoms with Crippen molar-refractivity contribution in [3.8, 4) is 0 Å². The van der Waals surface area contributed by atoms with E-state index in [9.17, 15) is 4.79 Å². The predicted octanol–water partition coefficient (Wildman–Crippen LogP) is 2.83. The van der Waals surface area contributed by atoms with Crippen LogP contribution in [0.15, 0.2) is 28.7 Å². The van der Waals surface area contributed by atoms with Gasteiger partial charge in [0.2, 0.25) is 5.91 Å². The van der Waals surface area contributed by atoms with Crippen LogP contribution in [0.2, 0.25) is 0 Å². The van der Waals surface area contributed by atoms with Crippen molar-refractivity contribution in [1.29, 1.82) is 0 Å². The molecule has 1 aliphatic heterocycles. The van der Waals surface area contributed by atoms with Crippen molar-refractivity contribution < 1.29 is 9.53 Å². The molecule has 1 heterocycles. The van der Waals surface area contributed by atoms with Crippen LogP contribution in [0.3, 0.4) is 0 Å². The highest BCUT2D eigenvalue weighted by atomic mass is 79.9. The Kier molecular flexibility index (Phi) is 5.16. The summed E-state index contributed by atoms with van der Waals surface area (Å²) in [5.41, 5.74) is 1.18. The summed E-state index contributed by atoms with van der Waals surface area (Å²) in [4.78, 5) is 16.7. The van der Waals surface area contributed by atoms with Crippen LogP contribution in [0.25, 0.3) is 0 Å². The molecule has 22 heavy (non-hydrogen) atoms. The summed E-state index contributed by atoms with van der Waals surface area (Å²) in [6.45, 7) is 5.71. The fraction of sp³-hybridized carbons (Fsp3) is 0.588. The van der Waals surface area contributed by atoms with Crippen molar-refractivity contribution >= 4 is 21.8 Å². The van der Waals surface area contributed by atoms with Crippen LogP contribution in [0.5, 0.6) is 0 Å². The molecule has 2 aliphatic rings. The second-order valence-corrected chi connectivity index (χ2v) is 6.97. The molecule has 1 atom stereocenters. The third-order valence-electron chi connectivity index (χ3n) is 4.40. The van der Waals surface area contributed by atoms with E-state index in [1.54, 1.807) is 0 Å². The van der Waals surface area contributed by atoms with Crippen molar-refractivity contribution in [3.63, 3.8) is 0 Å². The van der Waals surface area contributed by atoms with Crippen molar-refractivity contribution in [1.82, 2.24) is 9.80 Å². The highest BCUT2D eigenvalue weighted by Gasteiger charge is 2.32. The molecule has 0 N–H and O–H groups in total. The van der Waals surface area contributed by atoms with Crippen LogP contribution in [-0.2, 0) is 9.53 Å². The number of hydrogen-bond donors (Lipinski definition) is 0. The molecular formula is C17H23BrN2O2. The normalized spacial score (nSPS) is 22.5. The molecule has 4 nitrogen and oxygen atoms in total. The molecule has 0 unspecified atom stereocenters. The lowest BCUT2D eigenvalue weighted by Gasteiger charge is -2.34. The fourth-order valence-corrected chi connectivity index (χ4v) is 3.30. The van der Waals surface area contributed by atoms with E-state index in [2.05, 4.69) is 39.9 Å². The molecule has 1 aromatic carbocycles. The Morgan fingerprint density at radius 2 is 2.09 bits per heavy atom. The Morgan fingerprint density at radius 1 is 1.36 bits per heavy atom. The van der Waals surface area contributed by atoms with Gasteiger partial charge in [-0.15, -0.1) is 0 Å². The minimum atomic E-state index is 0.0608. The average molecular weight is 367 g/mol. The van der Waals surface area contributed by atoms with Gasteiger partial charge in [-0.05, 0) is 37.5 Å². The number of carbonyl (C=O) groups excluding carboxylic acids is 1. The quantitative estimate of drug-likeness (QED) is 0.803. The Hall–Kier alpha value is -0.910. The van der Waals surface area contributed by atoms with Crippen LogP contribution >= 0.6 is 15.9 Å². The molecule has 3 rings (SSSR count). The lowest BCUT2D eigenvalue weighted by atomic mass is 10.1. The first-order valence-electron chi connectivity index (χ1n) is 8.06. The van der Waals surface area contributed by atoms with E-state index in [1.807, 2.05) is 17.0 Å². The third kappa shape index (κ3) is 3.89. The van der Waals surface area contributed by atoms with Gasteiger partial charge in [0.05, 0.1) is 19.3 Å². The monoisotopic (exact) mass is 366 g/mol. The van der Waals surface area contributed by atoms with Crippen LogP contribution in [0.1, 0.15) is 31.4 Å². The van der Waals surface area contributed by atoms with E-state index in [-0.39, 0.29) is 12.0 Å². The zero-order valence-electron chi connectivity index (χ0n) is 13.0. The molecule has 1 saturated heterocycles. The number of likely N-dealkylation sites (N-methyl/N-ethyl adjacent to an activating group) is 1. The first-order valence-corrected chi connectivity index (χ1v) is 8.85. The fourth-order valence-electron chi connectivity index (χ4n) is 3.03. The number of morpholine rings is 1. The van der Waals surface area contributed by atoms with Crippen LogP contribution in [-0.4, -0.2) is 54.5 Å². The minimum absolute atomic E-state index is 0.0608. The number of halogens is 1. The SMILES string of the molecule is CCN(C(=O)CN1CCO[C@@H](c2ccc(Br)cc2)C1)C1CC1. The molecule has 0 radical (unpaired) electrons. The van der Waals surface area contributed by atoms with Crippen molar-refractivity contribution in [2.45, 2.75) is 31.9 Å². The van der Waals surface area contributed by atoms with Gasteiger partial charge in [0, 0.05) is 30.1 Å². The van der Waals surface area contributed by atoms with Crippen LogP contribution < -0.4 is 0 Å². The predicted molar refractivity (Wildman–Crippen MR) is 89.7 cm³/mol. The van der Waals surface area contributed by atoms with Crippen molar-refractivity contribution in [3.05, 3.63) is 34.3 Å². The molecule has 1 aromatic rings. The summed E-state index contributed by atoms with van der Waals surface area (Å²) < 4.78 is 6.95. The molecule has 0 bridgehead atoms. The Bertz CT molecular complexity index is 516. The Morgan fingerprint density at radius 3 is 2.73 bits per heavy atom. The van der Waals surface area contributed by atoms with E-state index in [4.69, 9.17) is 4.74 Å². The van der Waals surface area contributed by atoms with Crippen molar-refractivity contribution in [2.75, 3.05) is 32.8 Å². The lowest BCUT2D eigenvalue weighted by Crippen LogP contribution is -2.46. The highest BCUT2D eigenvalue weighted by Crippen LogP contribution is 2.27. The van der Waals surface area contributed by atoms with E-state index < -0.39 is 0 Å². The molecule has 5 heteroatoms. The van der Waals surface area contributed by atoms with Gasteiger partial charge in [-0.25, -0.2) is 0 Å². The van der Waals surface area contributed by atoms with Gasteiger partial charge in [0.15, 0.2) is 0 Å². The number of hydrogen-bond acceptors (Lipinski definition) is 3. The Balaban J connectivity index is 1.58. The first kappa shape index (κ1) is 16.0. The van der Waals surface area contributed by atoms with E-state index in [0.717, 1.165) is 24.1 Å². The van der Waals surface area contributed by atoms with Gasteiger partial charge >= 0.3 is 0 Å². The number of amides is 1. The molecule has 1 aliphatic carbocycles. The van der Waals surface area contributed by atoms with E-state index >= 15 is 0 Å². The van der Waals surface area contributed by atoms with Crippen molar-refractivity contribution in [2.24, 2.45) is 0 Å². The molecule has 120 valence electrons. The van der Waals surface area contributed by atoms with E-state index in [0.29, 0.717) is 19.2 Å². The number of carbonyl (C=O) groups is 1. The molecule has 0 spiro atoms. The van der Waals surface area contributed by atoms with Crippen LogP contribution in [0.4, 0.5) is 0 Å². The molecule has 1 saturated carbocycles. The summed E-state index contributed by atoms with van der Waals surface area (Å²) in [6.07, 6.45) is 2.40. The zero-order valence-corrected chi connectivity index (χ0v) is 14.6. The highest BCUT2D eigenvalue weighted by molar-refractivity contribution is 9.10. The lowest BCUT2D eigenvalue weighted by molar-refractivity contribution is -0.134. The second kappa shape index (κ2) is 7.11. The van der Waals surface area contributed by atoms with Gasteiger partial charge in [0.25, 0.3) is 0 Å². The molecular weight excluding hydrogens is 344 g/mol. The van der Waals surface area contributed by atoms with Gasteiger partial charge < -0.3 is 9.64 Å². The summed E-state index contributed by atoms with van der Waals surface area (Å²) in [7, 11) is 0. The minimum Gasteiger partial charge on any atom is -0.371 e. The standard InChI is InChI=1S/C17H23BrN2O2/c1-2-20(15-7-8-15)17(21)12-19-9-10-22-16(11-19)13-3-5-14(18)6-4-13/h3-6,15-16H,2,7-12H2,1H3/t16-/m1/s1. The number of rotatable bonds is 5. The summed E-state index contributed by atoms with van der Waals surface area (Å²) >= 11 is 3.46. The summed E-state index contributed by atoms with van der Waals surface area (Å²) in [5.74, 6) is 0.265. The number of nitrogens with zero attached hydrogens (tertiary/aromatic N) is 2. The molecule has 1 amide bonds. The maximum absolute atomic E-state index is 12.4. The topological polar surface area (TPSA) is 32.8 Å². The molecule has 2 fully saturated rings. The van der Waals surface area contributed by atoms with Gasteiger partial charge in [-0.3, -0.25) is 9.69 Å². The molecule has 0 aromatic heterocycles. The van der Waals surface area contributed by atoms with E-state index in [1.165, 1.54) is 18.4 Å². The summed E-state index contributed by atoms with van der Waals surface area (Å²) in [6, 6.07) is 8.75. The van der Waals surface area contributed by atoms with Crippen LogP contribution in [0, 0.1) is 0 Å². The number of benzene rings is 1. The maximum atomic E-state index is 12.4.